The van der Waals surface area contributed by atoms with Gasteiger partial charge in [-0.3, -0.25) is 9.78 Å². The van der Waals surface area contributed by atoms with Crippen molar-refractivity contribution in [3.8, 4) is 11.3 Å². The standard InChI is InChI=1S/C19H13F6N5O2/c20-18(21,22)11-3-4-13(12(6-11)19(23,24)25)28-15-7-14(10-2-1-5-26-8-10)29-17(30-15)27-9-16(31)32/h1-8H,9H2,(H,31,32)(H2,27,28,29,30). The van der Waals surface area contributed by atoms with Gasteiger partial charge < -0.3 is 15.7 Å². The zero-order valence-electron chi connectivity index (χ0n) is 15.8. The van der Waals surface area contributed by atoms with Gasteiger partial charge in [0.15, 0.2) is 0 Å². The third-order valence-corrected chi connectivity index (χ3v) is 4.00. The van der Waals surface area contributed by atoms with Crippen molar-refractivity contribution in [2.24, 2.45) is 0 Å². The molecule has 2 aromatic heterocycles. The number of rotatable bonds is 6. The van der Waals surface area contributed by atoms with E-state index in [9.17, 15) is 31.1 Å². The van der Waals surface area contributed by atoms with Crippen molar-refractivity contribution < 1.29 is 36.2 Å². The lowest BCUT2D eigenvalue weighted by atomic mass is 10.1. The van der Waals surface area contributed by atoms with E-state index >= 15 is 0 Å². The summed E-state index contributed by atoms with van der Waals surface area (Å²) in [5.41, 5.74) is -3.05. The van der Waals surface area contributed by atoms with Gasteiger partial charge >= 0.3 is 18.3 Å². The lowest BCUT2D eigenvalue weighted by Crippen LogP contribution is -2.16. The molecular weight excluding hydrogens is 444 g/mol. The maximum atomic E-state index is 13.4. The maximum absolute atomic E-state index is 13.4. The molecule has 2 heterocycles. The number of aliphatic carboxylic acids is 1. The van der Waals surface area contributed by atoms with Gasteiger partial charge in [-0.1, -0.05) is 0 Å². The van der Waals surface area contributed by atoms with Crippen molar-refractivity contribution >= 4 is 23.4 Å². The van der Waals surface area contributed by atoms with Crippen LogP contribution in [0.4, 0.5) is 43.8 Å². The van der Waals surface area contributed by atoms with Crippen molar-refractivity contribution in [3.05, 3.63) is 59.9 Å². The summed E-state index contributed by atoms with van der Waals surface area (Å²) in [6, 6.07) is 5.56. The first-order valence-corrected chi connectivity index (χ1v) is 8.74. The number of aromatic nitrogens is 3. The Morgan fingerprint density at radius 2 is 1.75 bits per heavy atom. The number of hydrogen-bond acceptors (Lipinski definition) is 6. The summed E-state index contributed by atoms with van der Waals surface area (Å²) in [6.45, 7) is -0.579. The molecule has 0 aliphatic rings. The van der Waals surface area contributed by atoms with E-state index in [0.29, 0.717) is 17.7 Å². The van der Waals surface area contributed by atoms with Gasteiger partial charge in [0, 0.05) is 24.0 Å². The minimum atomic E-state index is -5.09. The molecule has 3 rings (SSSR count). The highest BCUT2D eigenvalue weighted by Gasteiger charge is 2.38. The molecule has 0 bridgehead atoms. The minimum Gasteiger partial charge on any atom is -0.480 e. The Morgan fingerprint density at radius 3 is 2.34 bits per heavy atom. The van der Waals surface area contributed by atoms with E-state index in [1.807, 2.05) is 0 Å². The monoisotopic (exact) mass is 457 g/mol. The van der Waals surface area contributed by atoms with Crippen molar-refractivity contribution in [3.63, 3.8) is 0 Å². The first kappa shape index (κ1) is 22.8. The predicted molar refractivity (Wildman–Crippen MR) is 101 cm³/mol. The number of halogens is 6. The van der Waals surface area contributed by atoms with Crippen LogP contribution in [-0.4, -0.2) is 32.6 Å². The SMILES string of the molecule is O=C(O)CNc1nc(Nc2ccc(C(F)(F)F)cc2C(F)(F)F)cc(-c2cccnc2)n1. The van der Waals surface area contributed by atoms with Crippen LogP contribution in [-0.2, 0) is 17.1 Å². The molecule has 0 aliphatic heterocycles. The van der Waals surface area contributed by atoms with E-state index in [1.54, 1.807) is 12.1 Å². The van der Waals surface area contributed by atoms with Crippen molar-refractivity contribution in [1.29, 1.82) is 0 Å². The Balaban J connectivity index is 2.05. The summed E-state index contributed by atoms with van der Waals surface area (Å²) in [6.07, 6.45) is -7.17. The van der Waals surface area contributed by atoms with E-state index < -0.39 is 41.7 Å². The lowest BCUT2D eigenvalue weighted by molar-refractivity contribution is -0.142. The number of alkyl halides is 6. The molecule has 0 fully saturated rings. The summed E-state index contributed by atoms with van der Waals surface area (Å²) < 4.78 is 78.9. The number of anilines is 3. The second kappa shape index (κ2) is 8.69. The Kier molecular flexibility index (Phi) is 6.18. The minimum absolute atomic E-state index is 0.00482. The number of nitrogens with one attached hydrogen (secondary N) is 2. The van der Waals surface area contributed by atoms with Crippen LogP contribution in [0.25, 0.3) is 11.3 Å². The van der Waals surface area contributed by atoms with Gasteiger partial charge in [-0.2, -0.15) is 31.3 Å². The van der Waals surface area contributed by atoms with Crippen LogP contribution in [0.5, 0.6) is 0 Å². The second-order valence-electron chi connectivity index (χ2n) is 6.33. The smallest absolute Gasteiger partial charge is 0.418 e. The quantitative estimate of drug-likeness (QED) is 0.457. The third kappa shape index (κ3) is 5.62. The maximum Gasteiger partial charge on any atom is 0.418 e. The van der Waals surface area contributed by atoms with Gasteiger partial charge in [0.25, 0.3) is 0 Å². The molecule has 3 aromatic rings. The number of pyridine rings is 1. The summed E-state index contributed by atoms with van der Waals surface area (Å²) in [5, 5.41) is 13.6. The van der Waals surface area contributed by atoms with Crippen molar-refractivity contribution in [2.45, 2.75) is 12.4 Å². The van der Waals surface area contributed by atoms with E-state index in [2.05, 4.69) is 25.6 Å². The first-order chi connectivity index (χ1) is 14.9. The molecule has 32 heavy (non-hydrogen) atoms. The average Bonchev–Trinajstić information content (AvgIpc) is 2.71. The average molecular weight is 457 g/mol. The lowest BCUT2D eigenvalue weighted by Gasteiger charge is -2.17. The predicted octanol–water partition coefficient (Wildman–Crippen LogP) is 4.82. The molecule has 168 valence electrons. The highest BCUT2D eigenvalue weighted by Crippen LogP contribution is 2.40. The van der Waals surface area contributed by atoms with Gasteiger partial charge in [-0.15, -0.1) is 0 Å². The van der Waals surface area contributed by atoms with Gasteiger partial charge in [0.2, 0.25) is 5.95 Å². The number of carboxylic acid groups (broad SMARTS) is 1. The molecule has 0 radical (unpaired) electrons. The normalized spacial score (nSPS) is 11.8. The van der Waals surface area contributed by atoms with Crippen LogP contribution >= 0.6 is 0 Å². The number of nitrogens with zero attached hydrogens (tertiary/aromatic N) is 3. The van der Waals surface area contributed by atoms with Gasteiger partial charge in [-0.05, 0) is 30.3 Å². The zero-order chi connectivity index (χ0) is 23.5. The summed E-state index contributed by atoms with van der Waals surface area (Å²) >= 11 is 0. The van der Waals surface area contributed by atoms with Gasteiger partial charge in [-0.25, -0.2) is 4.98 Å². The third-order valence-electron chi connectivity index (χ3n) is 4.00. The van der Waals surface area contributed by atoms with Crippen molar-refractivity contribution in [2.75, 3.05) is 17.2 Å². The Bertz CT molecular complexity index is 1120. The largest absolute Gasteiger partial charge is 0.480 e. The molecule has 0 saturated heterocycles. The Morgan fingerprint density at radius 1 is 1.00 bits per heavy atom. The summed E-state index contributed by atoms with van der Waals surface area (Å²) in [4.78, 5) is 22.7. The molecule has 0 aliphatic carbocycles. The van der Waals surface area contributed by atoms with Gasteiger partial charge in [0.05, 0.1) is 22.5 Å². The molecule has 13 heteroatoms. The molecular formula is C19H13F6N5O2. The number of carboxylic acids is 1. The molecule has 3 N–H and O–H groups in total. The first-order valence-electron chi connectivity index (χ1n) is 8.74. The fraction of sp³-hybridized carbons (Fsp3) is 0.158. The Labute approximate surface area is 176 Å². The number of benzene rings is 1. The van der Waals surface area contributed by atoms with Gasteiger partial charge in [0.1, 0.15) is 12.4 Å². The summed E-state index contributed by atoms with van der Waals surface area (Å²) in [7, 11) is 0. The second-order valence-corrected chi connectivity index (χ2v) is 6.33. The number of carbonyl (C=O) groups is 1. The van der Waals surface area contributed by atoms with Crippen LogP contribution in [0.2, 0.25) is 0 Å². The van der Waals surface area contributed by atoms with E-state index in [-0.39, 0.29) is 23.5 Å². The summed E-state index contributed by atoms with van der Waals surface area (Å²) in [5.74, 6) is -1.68. The topological polar surface area (TPSA) is 100 Å². The number of hydrogen-bond donors (Lipinski definition) is 3. The zero-order valence-corrected chi connectivity index (χ0v) is 15.8. The molecule has 0 unspecified atom stereocenters. The van der Waals surface area contributed by atoms with Crippen LogP contribution in [0.1, 0.15) is 11.1 Å². The van der Waals surface area contributed by atoms with E-state index in [0.717, 1.165) is 0 Å². The highest BCUT2D eigenvalue weighted by atomic mass is 19.4. The van der Waals surface area contributed by atoms with Crippen LogP contribution in [0, 0.1) is 0 Å². The molecule has 1 aromatic carbocycles. The fourth-order valence-corrected chi connectivity index (χ4v) is 2.61. The Hall–Kier alpha value is -3.90. The van der Waals surface area contributed by atoms with Crippen molar-refractivity contribution in [1.82, 2.24) is 15.0 Å². The molecule has 0 saturated carbocycles. The van der Waals surface area contributed by atoms with E-state index in [4.69, 9.17) is 5.11 Å². The molecule has 0 amide bonds. The van der Waals surface area contributed by atoms with E-state index in [1.165, 1.54) is 18.5 Å². The van der Waals surface area contributed by atoms with Crippen LogP contribution in [0.15, 0.2) is 48.8 Å². The fourth-order valence-electron chi connectivity index (χ4n) is 2.61. The van der Waals surface area contributed by atoms with Crippen LogP contribution in [0.3, 0.4) is 0 Å². The highest BCUT2D eigenvalue weighted by molar-refractivity contribution is 5.73. The van der Waals surface area contributed by atoms with Crippen LogP contribution < -0.4 is 10.6 Å². The molecule has 0 spiro atoms. The molecule has 0 atom stereocenters. The molecule has 7 nitrogen and oxygen atoms in total.